The third-order valence-corrected chi connectivity index (χ3v) is 5.17. The number of carbonyl (C=O) groups is 1. The molecule has 0 spiro atoms. The highest BCUT2D eigenvalue weighted by molar-refractivity contribution is 7.16. The van der Waals surface area contributed by atoms with E-state index in [1.807, 2.05) is 54.0 Å². The molecular weight excluding hydrogens is 368 g/mol. The number of halogens is 1. The third-order valence-electron chi connectivity index (χ3n) is 3.77. The van der Waals surface area contributed by atoms with Crippen LogP contribution in [0.15, 0.2) is 59.6 Å². The number of amides is 1. The molecule has 1 aromatic heterocycles. The van der Waals surface area contributed by atoms with E-state index in [0.717, 1.165) is 15.8 Å². The van der Waals surface area contributed by atoms with Crippen LogP contribution in [-0.4, -0.2) is 23.7 Å². The minimum absolute atomic E-state index is 0.318. The van der Waals surface area contributed by atoms with Gasteiger partial charge in [0, 0.05) is 24.3 Å². The number of thiazole rings is 1. The van der Waals surface area contributed by atoms with Crippen molar-refractivity contribution in [2.45, 2.75) is 13.5 Å². The summed E-state index contributed by atoms with van der Waals surface area (Å²) in [7, 11) is 0. The Hall–Kier alpha value is -2.21. The van der Waals surface area contributed by atoms with Gasteiger partial charge < -0.3 is 9.30 Å². The van der Waals surface area contributed by atoms with Gasteiger partial charge in [-0.15, -0.1) is 0 Å². The van der Waals surface area contributed by atoms with Crippen molar-refractivity contribution < 1.29 is 9.53 Å². The quantitative estimate of drug-likeness (QED) is 0.461. The predicted octanol–water partition coefficient (Wildman–Crippen LogP) is 4.53. The number of fused-ring (bicyclic) bond motifs is 1. The van der Waals surface area contributed by atoms with Crippen molar-refractivity contribution in [2.24, 2.45) is 4.99 Å². The van der Waals surface area contributed by atoms with Gasteiger partial charge in [0.05, 0.1) is 16.8 Å². The van der Waals surface area contributed by atoms with E-state index in [9.17, 15) is 4.79 Å². The smallest absolute Gasteiger partial charge is 0.272 e. The van der Waals surface area contributed by atoms with E-state index in [1.165, 1.54) is 17.4 Å². The van der Waals surface area contributed by atoms with E-state index in [-0.39, 0.29) is 5.91 Å². The number of rotatable bonds is 6. The summed E-state index contributed by atoms with van der Waals surface area (Å²) in [5, 5.41) is 0.602. The first-order valence-corrected chi connectivity index (χ1v) is 9.56. The molecule has 0 saturated carbocycles. The van der Waals surface area contributed by atoms with Crippen LogP contribution < -0.4 is 4.80 Å². The van der Waals surface area contributed by atoms with Gasteiger partial charge in [0.2, 0.25) is 0 Å². The zero-order valence-electron chi connectivity index (χ0n) is 14.4. The SMILES string of the molecule is CCOCCn1c(=NC(=O)C=Cc2ccccc2Cl)sc2ccccc21. The highest BCUT2D eigenvalue weighted by Gasteiger charge is 2.06. The average Bonchev–Trinajstić information content (AvgIpc) is 2.98. The number of carbonyl (C=O) groups excluding carboxylic acids is 1. The molecule has 0 atom stereocenters. The lowest BCUT2D eigenvalue weighted by Gasteiger charge is -2.04. The molecule has 1 heterocycles. The standard InChI is InChI=1S/C20H19ClN2O2S/c1-2-25-14-13-23-17-9-5-6-10-18(17)26-20(23)22-19(24)12-11-15-7-3-4-8-16(15)21/h3-12H,2,13-14H2,1H3. The van der Waals surface area contributed by atoms with Gasteiger partial charge >= 0.3 is 0 Å². The molecule has 0 aliphatic rings. The van der Waals surface area contributed by atoms with E-state index in [4.69, 9.17) is 16.3 Å². The zero-order chi connectivity index (χ0) is 18.4. The van der Waals surface area contributed by atoms with E-state index in [1.54, 1.807) is 12.1 Å². The van der Waals surface area contributed by atoms with Crippen LogP contribution >= 0.6 is 22.9 Å². The molecule has 26 heavy (non-hydrogen) atoms. The van der Waals surface area contributed by atoms with Crippen molar-refractivity contribution in [3.63, 3.8) is 0 Å². The first-order valence-electron chi connectivity index (χ1n) is 8.36. The second-order valence-electron chi connectivity index (χ2n) is 5.51. The summed E-state index contributed by atoms with van der Waals surface area (Å²) in [6, 6.07) is 15.4. The van der Waals surface area contributed by atoms with Gasteiger partial charge in [-0.1, -0.05) is 53.3 Å². The van der Waals surface area contributed by atoms with Crippen molar-refractivity contribution in [1.29, 1.82) is 0 Å². The second-order valence-corrected chi connectivity index (χ2v) is 6.92. The predicted molar refractivity (Wildman–Crippen MR) is 107 cm³/mol. The van der Waals surface area contributed by atoms with Crippen molar-refractivity contribution in [3.8, 4) is 0 Å². The monoisotopic (exact) mass is 386 g/mol. The van der Waals surface area contributed by atoms with Crippen molar-refractivity contribution in [3.05, 3.63) is 70.0 Å². The Balaban J connectivity index is 1.91. The second kappa shape index (κ2) is 8.94. The summed E-state index contributed by atoms with van der Waals surface area (Å²) in [5.74, 6) is -0.318. The largest absolute Gasteiger partial charge is 0.380 e. The lowest BCUT2D eigenvalue weighted by Crippen LogP contribution is -2.19. The van der Waals surface area contributed by atoms with Crippen LogP contribution in [0.25, 0.3) is 16.3 Å². The highest BCUT2D eigenvalue weighted by atomic mass is 35.5. The molecule has 0 aliphatic carbocycles. The minimum Gasteiger partial charge on any atom is -0.380 e. The molecule has 0 bridgehead atoms. The Morgan fingerprint density at radius 2 is 2.00 bits per heavy atom. The Morgan fingerprint density at radius 1 is 1.23 bits per heavy atom. The third kappa shape index (κ3) is 4.49. The number of nitrogens with zero attached hydrogens (tertiary/aromatic N) is 2. The van der Waals surface area contributed by atoms with Gasteiger partial charge in [-0.3, -0.25) is 4.79 Å². The maximum Gasteiger partial charge on any atom is 0.272 e. The summed E-state index contributed by atoms with van der Waals surface area (Å²) < 4.78 is 8.58. The Bertz CT molecular complexity index is 1000. The van der Waals surface area contributed by atoms with E-state index in [2.05, 4.69) is 4.99 Å². The normalized spacial score (nSPS) is 12.3. The summed E-state index contributed by atoms with van der Waals surface area (Å²) in [6.07, 6.45) is 3.13. The number of ether oxygens (including phenoxy) is 1. The van der Waals surface area contributed by atoms with Gasteiger partial charge in [0.1, 0.15) is 0 Å². The van der Waals surface area contributed by atoms with Crippen molar-refractivity contribution in [1.82, 2.24) is 4.57 Å². The molecule has 0 aliphatic heterocycles. The summed E-state index contributed by atoms with van der Waals surface area (Å²) >= 11 is 7.60. The van der Waals surface area contributed by atoms with Gasteiger partial charge in [0.15, 0.2) is 4.80 Å². The maximum atomic E-state index is 12.3. The number of hydrogen-bond acceptors (Lipinski definition) is 3. The van der Waals surface area contributed by atoms with Gasteiger partial charge in [0.25, 0.3) is 5.91 Å². The van der Waals surface area contributed by atoms with Gasteiger partial charge in [-0.2, -0.15) is 4.99 Å². The average molecular weight is 387 g/mol. The number of benzene rings is 2. The van der Waals surface area contributed by atoms with Crippen LogP contribution in [-0.2, 0) is 16.1 Å². The van der Waals surface area contributed by atoms with Crippen LogP contribution in [0.5, 0.6) is 0 Å². The van der Waals surface area contributed by atoms with Gasteiger partial charge in [-0.05, 0) is 36.8 Å². The van der Waals surface area contributed by atoms with Crippen LogP contribution in [0.2, 0.25) is 5.02 Å². The first kappa shape index (κ1) is 18.6. The fourth-order valence-corrected chi connectivity index (χ4v) is 3.79. The van der Waals surface area contributed by atoms with Crippen LogP contribution in [0.4, 0.5) is 0 Å². The molecule has 2 aromatic carbocycles. The minimum atomic E-state index is -0.318. The number of para-hydroxylation sites is 1. The molecule has 134 valence electrons. The lowest BCUT2D eigenvalue weighted by molar-refractivity contribution is -0.113. The Morgan fingerprint density at radius 3 is 2.81 bits per heavy atom. The van der Waals surface area contributed by atoms with E-state index < -0.39 is 0 Å². The maximum absolute atomic E-state index is 12.3. The fraction of sp³-hybridized carbons (Fsp3) is 0.200. The first-order chi connectivity index (χ1) is 12.7. The van der Waals surface area contributed by atoms with Crippen molar-refractivity contribution >= 4 is 45.1 Å². The molecule has 0 fully saturated rings. The van der Waals surface area contributed by atoms with Crippen LogP contribution in [0.3, 0.4) is 0 Å². The Labute approximate surface area is 161 Å². The molecule has 4 nitrogen and oxygen atoms in total. The van der Waals surface area contributed by atoms with E-state index in [0.29, 0.717) is 29.6 Å². The van der Waals surface area contributed by atoms with Crippen LogP contribution in [0.1, 0.15) is 12.5 Å². The fourth-order valence-electron chi connectivity index (χ4n) is 2.53. The Kier molecular flexibility index (Phi) is 6.39. The molecule has 0 radical (unpaired) electrons. The molecule has 0 saturated heterocycles. The topological polar surface area (TPSA) is 43.6 Å². The molecule has 6 heteroatoms. The number of hydrogen-bond donors (Lipinski definition) is 0. The van der Waals surface area contributed by atoms with Crippen molar-refractivity contribution in [2.75, 3.05) is 13.2 Å². The summed E-state index contributed by atoms with van der Waals surface area (Å²) in [5.41, 5.74) is 1.84. The molecular formula is C20H19ClN2O2S. The number of aromatic nitrogens is 1. The van der Waals surface area contributed by atoms with E-state index >= 15 is 0 Å². The molecule has 3 aromatic rings. The molecule has 0 unspecified atom stereocenters. The van der Waals surface area contributed by atoms with Gasteiger partial charge in [-0.25, -0.2) is 0 Å². The zero-order valence-corrected chi connectivity index (χ0v) is 16.0. The summed E-state index contributed by atoms with van der Waals surface area (Å²) in [6.45, 7) is 3.85. The molecule has 1 amide bonds. The highest BCUT2D eigenvalue weighted by Crippen LogP contribution is 2.17. The lowest BCUT2D eigenvalue weighted by atomic mass is 10.2. The molecule has 3 rings (SSSR count). The van der Waals surface area contributed by atoms with Crippen LogP contribution in [0, 0.1) is 0 Å². The molecule has 0 N–H and O–H groups in total. The summed E-state index contributed by atoms with van der Waals surface area (Å²) in [4.78, 5) is 17.3.